The van der Waals surface area contributed by atoms with Crippen molar-refractivity contribution in [2.45, 2.75) is 13.1 Å². The van der Waals surface area contributed by atoms with E-state index >= 15 is 0 Å². The highest BCUT2D eigenvalue weighted by atomic mass is 19.1. The fourth-order valence-electron chi connectivity index (χ4n) is 3.87. The number of carbonyl (C=O) groups excluding carboxylic acids is 1. The van der Waals surface area contributed by atoms with Gasteiger partial charge in [0.05, 0.1) is 18.1 Å². The van der Waals surface area contributed by atoms with Gasteiger partial charge in [0.15, 0.2) is 0 Å². The van der Waals surface area contributed by atoms with Crippen LogP contribution in [0.3, 0.4) is 0 Å². The molecule has 0 spiro atoms. The average Bonchev–Trinajstić information content (AvgIpc) is 3.22. The highest BCUT2D eigenvalue weighted by molar-refractivity contribution is 6.08. The second-order valence-electron chi connectivity index (χ2n) is 7.68. The Morgan fingerprint density at radius 2 is 1.76 bits per heavy atom. The molecule has 0 bridgehead atoms. The van der Waals surface area contributed by atoms with E-state index < -0.39 is 0 Å². The number of fused-ring (bicyclic) bond motifs is 3. The molecule has 0 atom stereocenters. The summed E-state index contributed by atoms with van der Waals surface area (Å²) < 4.78 is 20.3. The summed E-state index contributed by atoms with van der Waals surface area (Å²) in [5.74, 6) is 0.285. The first-order valence-corrected chi connectivity index (χ1v) is 10.5. The Bertz CT molecular complexity index is 1440. The van der Waals surface area contributed by atoms with Gasteiger partial charge in [-0.25, -0.2) is 4.39 Å². The fourth-order valence-corrected chi connectivity index (χ4v) is 3.87. The van der Waals surface area contributed by atoms with Crippen LogP contribution in [0.2, 0.25) is 0 Å². The molecule has 0 fully saturated rings. The van der Waals surface area contributed by atoms with Crippen LogP contribution in [0, 0.1) is 5.82 Å². The van der Waals surface area contributed by atoms with E-state index in [-0.39, 0.29) is 18.3 Å². The van der Waals surface area contributed by atoms with Crippen molar-refractivity contribution in [1.29, 1.82) is 0 Å². The summed E-state index contributed by atoms with van der Waals surface area (Å²) in [6.07, 6.45) is 1.76. The number of nitrogens with zero attached hydrogens (tertiary/aromatic N) is 3. The van der Waals surface area contributed by atoms with Gasteiger partial charge in [0.1, 0.15) is 23.8 Å². The van der Waals surface area contributed by atoms with Crippen LogP contribution < -0.4 is 10.1 Å². The summed E-state index contributed by atoms with van der Waals surface area (Å²) in [6.45, 7) is 0.441. The normalized spacial score (nSPS) is 11.1. The van der Waals surface area contributed by atoms with Crippen LogP contribution in [0.4, 0.5) is 4.39 Å². The lowest BCUT2D eigenvalue weighted by molar-refractivity contribution is -0.121. The lowest BCUT2D eigenvalue weighted by Crippen LogP contribution is -2.27. The summed E-state index contributed by atoms with van der Waals surface area (Å²) in [5.41, 5.74) is 4.02. The number of halogens is 1. The molecule has 1 amide bonds. The van der Waals surface area contributed by atoms with Gasteiger partial charge in [-0.15, -0.1) is 0 Å². The lowest BCUT2D eigenvalue weighted by Gasteiger charge is -2.08. The SMILES string of the molecule is COc1ccc(CNC(=O)Cn2nc(-c3ccc(F)cc3)c3cnc4ccccc4c32)cc1. The number of ether oxygens (including phenoxy) is 1. The van der Waals surface area contributed by atoms with E-state index in [0.29, 0.717) is 12.2 Å². The molecular weight excluding hydrogens is 419 g/mol. The van der Waals surface area contributed by atoms with Gasteiger partial charge in [-0.05, 0) is 48.0 Å². The van der Waals surface area contributed by atoms with Gasteiger partial charge in [0, 0.05) is 29.1 Å². The third-order valence-electron chi connectivity index (χ3n) is 5.54. The minimum atomic E-state index is -0.316. The predicted molar refractivity (Wildman–Crippen MR) is 125 cm³/mol. The molecule has 2 heterocycles. The molecule has 0 aliphatic carbocycles. The number of carbonyl (C=O) groups is 1. The number of aromatic nitrogens is 3. The van der Waals surface area contributed by atoms with Crippen LogP contribution in [0.15, 0.2) is 79.0 Å². The molecule has 33 heavy (non-hydrogen) atoms. The third-order valence-corrected chi connectivity index (χ3v) is 5.54. The third kappa shape index (κ3) is 4.13. The molecule has 0 aliphatic rings. The van der Waals surface area contributed by atoms with Gasteiger partial charge in [-0.1, -0.05) is 30.3 Å². The fraction of sp³-hybridized carbons (Fsp3) is 0.115. The van der Waals surface area contributed by atoms with Crippen molar-refractivity contribution in [1.82, 2.24) is 20.1 Å². The van der Waals surface area contributed by atoms with Crippen molar-refractivity contribution in [3.63, 3.8) is 0 Å². The number of hydrogen-bond acceptors (Lipinski definition) is 4. The summed E-state index contributed by atoms with van der Waals surface area (Å²) in [7, 11) is 1.62. The Morgan fingerprint density at radius 1 is 1.00 bits per heavy atom. The maximum Gasteiger partial charge on any atom is 0.242 e. The molecule has 3 aromatic carbocycles. The van der Waals surface area contributed by atoms with E-state index in [0.717, 1.165) is 38.7 Å². The van der Waals surface area contributed by atoms with Crippen molar-refractivity contribution >= 4 is 27.7 Å². The molecule has 164 valence electrons. The molecule has 2 aromatic heterocycles. The Balaban J connectivity index is 1.49. The highest BCUT2D eigenvalue weighted by Gasteiger charge is 2.17. The Labute approximate surface area is 189 Å². The Kier molecular flexibility index (Phi) is 5.44. The first-order chi connectivity index (χ1) is 16.1. The van der Waals surface area contributed by atoms with Crippen molar-refractivity contribution in [3.05, 3.63) is 90.4 Å². The number of methoxy groups -OCH3 is 1. The summed E-state index contributed by atoms with van der Waals surface area (Å²) >= 11 is 0. The van der Waals surface area contributed by atoms with E-state index in [9.17, 15) is 9.18 Å². The van der Waals surface area contributed by atoms with Crippen LogP contribution in [-0.2, 0) is 17.9 Å². The van der Waals surface area contributed by atoms with E-state index in [1.54, 1.807) is 30.1 Å². The molecule has 1 N–H and O–H groups in total. The minimum Gasteiger partial charge on any atom is -0.497 e. The van der Waals surface area contributed by atoms with Crippen LogP contribution in [-0.4, -0.2) is 27.8 Å². The first-order valence-electron chi connectivity index (χ1n) is 10.5. The second kappa shape index (κ2) is 8.70. The maximum atomic E-state index is 13.5. The van der Waals surface area contributed by atoms with Crippen molar-refractivity contribution in [2.75, 3.05) is 7.11 Å². The quantitative estimate of drug-likeness (QED) is 0.415. The summed E-state index contributed by atoms with van der Waals surface area (Å²) in [6, 6.07) is 21.4. The number of rotatable bonds is 6. The van der Waals surface area contributed by atoms with Crippen LogP contribution in [0.25, 0.3) is 33.1 Å². The van der Waals surface area contributed by atoms with Crippen LogP contribution in [0.5, 0.6) is 5.75 Å². The zero-order valence-electron chi connectivity index (χ0n) is 18.0. The molecule has 0 aliphatic heterocycles. The Hall–Kier alpha value is -4.26. The van der Waals surface area contributed by atoms with Crippen molar-refractivity contribution in [3.8, 4) is 17.0 Å². The summed E-state index contributed by atoms with van der Waals surface area (Å²) in [5, 5.41) is 9.39. The first kappa shape index (κ1) is 20.6. The second-order valence-corrected chi connectivity index (χ2v) is 7.68. The molecule has 5 aromatic rings. The van der Waals surface area contributed by atoms with Gasteiger partial charge in [-0.2, -0.15) is 5.10 Å². The van der Waals surface area contributed by atoms with Gasteiger partial charge in [0.25, 0.3) is 0 Å². The van der Waals surface area contributed by atoms with Gasteiger partial charge < -0.3 is 10.1 Å². The molecule has 0 saturated heterocycles. The number of hydrogen-bond donors (Lipinski definition) is 1. The number of benzene rings is 3. The van der Waals surface area contributed by atoms with Crippen molar-refractivity contribution in [2.24, 2.45) is 0 Å². The molecule has 0 unspecified atom stereocenters. The zero-order chi connectivity index (χ0) is 22.8. The minimum absolute atomic E-state index is 0.0435. The van der Waals surface area contributed by atoms with Crippen LogP contribution >= 0.6 is 0 Å². The average molecular weight is 440 g/mol. The molecule has 0 radical (unpaired) electrons. The number of para-hydroxylation sites is 1. The van der Waals surface area contributed by atoms with E-state index in [4.69, 9.17) is 9.84 Å². The predicted octanol–water partition coefficient (Wildman–Crippen LogP) is 4.72. The highest BCUT2D eigenvalue weighted by Crippen LogP contribution is 2.32. The van der Waals surface area contributed by atoms with E-state index in [1.807, 2.05) is 48.5 Å². The van der Waals surface area contributed by atoms with E-state index in [2.05, 4.69) is 10.3 Å². The zero-order valence-corrected chi connectivity index (χ0v) is 18.0. The number of amides is 1. The smallest absolute Gasteiger partial charge is 0.242 e. The Morgan fingerprint density at radius 3 is 2.52 bits per heavy atom. The summed E-state index contributed by atoms with van der Waals surface area (Å²) in [4.78, 5) is 17.4. The maximum absolute atomic E-state index is 13.5. The molecule has 7 heteroatoms. The van der Waals surface area contributed by atoms with E-state index in [1.165, 1.54) is 12.1 Å². The van der Waals surface area contributed by atoms with Crippen LogP contribution in [0.1, 0.15) is 5.56 Å². The number of nitrogens with one attached hydrogen (secondary N) is 1. The van der Waals surface area contributed by atoms with Gasteiger partial charge in [-0.3, -0.25) is 14.5 Å². The molecule has 6 nitrogen and oxygen atoms in total. The van der Waals surface area contributed by atoms with Crippen molar-refractivity contribution < 1.29 is 13.9 Å². The molecule has 5 rings (SSSR count). The monoisotopic (exact) mass is 440 g/mol. The largest absolute Gasteiger partial charge is 0.497 e. The van der Waals surface area contributed by atoms with Gasteiger partial charge >= 0.3 is 0 Å². The standard InChI is InChI=1S/C26H21FN4O2/c1-33-20-12-6-17(7-13-20)14-29-24(32)16-31-26-21-4-2-3-5-23(21)28-15-22(26)25(30-31)18-8-10-19(27)11-9-18/h2-13,15H,14,16H2,1H3,(H,29,32). The topological polar surface area (TPSA) is 69.0 Å². The lowest BCUT2D eigenvalue weighted by atomic mass is 10.1. The molecular formula is C26H21FN4O2. The molecule has 0 saturated carbocycles. The number of pyridine rings is 1. The van der Waals surface area contributed by atoms with Gasteiger partial charge in [0.2, 0.25) is 5.91 Å².